The van der Waals surface area contributed by atoms with E-state index in [1.807, 2.05) is 62.2 Å². The van der Waals surface area contributed by atoms with Gasteiger partial charge >= 0.3 is 0 Å². The standard InChI is InChI=1S/C21H22N4O/c1-15-9-10-18(11-16(15)2)24-21(26)19-12-20(23-14-22-19)25(3)13-17-7-5-4-6-8-17/h4-12,14H,13H2,1-3H3,(H,24,26). The minimum absolute atomic E-state index is 0.245. The second-order valence-corrected chi connectivity index (χ2v) is 6.36. The summed E-state index contributed by atoms with van der Waals surface area (Å²) in [7, 11) is 1.94. The van der Waals surface area contributed by atoms with Crippen molar-refractivity contribution in [2.45, 2.75) is 20.4 Å². The van der Waals surface area contributed by atoms with Gasteiger partial charge in [0.05, 0.1) is 0 Å². The number of aryl methyl sites for hydroxylation is 2. The van der Waals surface area contributed by atoms with Crippen LogP contribution in [0, 0.1) is 13.8 Å². The minimum Gasteiger partial charge on any atom is -0.355 e. The average Bonchev–Trinajstić information content (AvgIpc) is 2.65. The molecule has 1 N–H and O–H groups in total. The number of carbonyl (C=O) groups is 1. The van der Waals surface area contributed by atoms with E-state index in [2.05, 4.69) is 27.4 Å². The van der Waals surface area contributed by atoms with Crippen molar-refractivity contribution in [1.82, 2.24) is 9.97 Å². The zero-order valence-electron chi connectivity index (χ0n) is 15.2. The van der Waals surface area contributed by atoms with Crippen molar-refractivity contribution in [3.8, 4) is 0 Å². The Hall–Kier alpha value is -3.21. The SMILES string of the molecule is Cc1ccc(NC(=O)c2cc(N(C)Cc3ccccc3)ncn2)cc1C. The largest absolute Gasteiger partial charge is 0.355 e. The van der Waals surface area contributed by atoms with Gasteiger partial charge in [0.2, 0.25) is 0 Å². The fourth-order valence-corrected chi connectivity index (χ4v) is 2.63. The maximum absolute atomic E-state index is 12.5. The molecule has 0 aliphatic heterocycles. The maximum Gasteiger partial charge on any atom is 0.274 e. The van der Waals surface area contributed by atoms with E-state index in [0.29, 0.717) is 18.1 Å². The molecule has 3 aromatic rings. The van der Waals surface area contributed by atoms with Crippen LogP contribution in [-0.2, 0) is 6.54 Å². The van der Waals surface area contributed by atoms with Crippen molar-refractivity contribution >= 4 is 17.4 Å². The van der Waals surface area contributed by atoms with E-state index in [4.69, 9.17) is 0 Å². The quantitative estimate of drug-likeness (QED) is 0.759. The minimum atomic E-state index is -0.245. The average molecular weight is 346 g/mol. The molecule has 2 aromatic carbocycles. The number of nitrogens with zero attached hydrogens (tertiary/aromatic N) is 3. The van der Waals surface area contributed by atoms with Crippen LogP contribution in [0.1, 0.15) is 27.2 Å². The second-order valence-electron chi connectivity index (χ2n) is 6.36. The fourth-order valence-electron chi connectivity index (χ4n) is 2.63. The normalized spacial score (nSPS) is 10.4. The van der Waals surface area contributed by atoms with Crippen molar-refractivity contribution < 1.29 is 4.79 Å². The molecule has 5 nitrogen and oxygen atoms in total. The highest BCUT2D eigenvalue weighted by Gasteiger charge is 2.12. The first kappa shape index (κ1) is 17.6. The monoisotopic (exact) mass is 346 g/mol. The Morgan fingerprint density at radius 3 is 2.50 bits per heavy atom. The first-order valence-corrected chi connectivity index (χ1v) is 8.48. The molecular formula is C21H22N4O. The summed E-state index contributed by atoms with van der Waals surface area (Å²) in [6, 6.07) is 17.7. The molecule has 0 unspecified atom stereocenters. The number of carbonyl (C=O) groups excluding carboxylic acids is 1. The molecule has 132 valence electrons. The molecule has 3 rings (SSSR count). The van der Waals surface area contributed by atoms with Gasteiger partial charge in [0.1, 0.15) is 17.8 Å². The lowest BCUT2D eigenvalue weighted by Gasteiger charge is -2.18. The molecule has 5 heteroatoms. The van der Waals surface area contributed by atoms with E-state index in [1.165, 1.54) is 17.5 Å². The molecule has 26 heavy (non-hydrogen) atoms. The van der Waals surface area contributed by atoms with Crippen molar-refractivity contribution in [3.05, 3.63) is 83.3 Å². The van der Waals surface area contributed by atoms with E-state index in [-0.39, 0.29) is 5.91 Å². The Morgan fingerprint density at radius 1 is 1.00 bits per heavy atom. The maximum atomic E-state index is 12.5. The van der Waals surface area contributed by atoms with Gasteiger partial charge in [-0.2, -0.15) is 0 Å². The Kier molecular flexibility index (Phi) is 5.27. The third kappa shape index (κ3) is 4.25. The molecule has 1 amide bonds. The van der Waals surface area contributed by atoms with Crippen LogP contribution in [-0.4, -0.2) is 22.9 Å². The lowest BCUT2D eigenvalue weighted by Crippen LogP contribution is -2.20. The first-order chi connectivity index (χ1) is 12.5. The molecule has 1 heterocycles. The molecule has 0 aliphatic rings. The van der Waals surface area contributed by atoms with E-state index in [9.17, 15) is 4.79 Å². The third-order valence-corrected chi connectivity index (χ3v) is 4.30. The number of rotatable bonds is 5. The fraction of sp³-hybridized carbons (Fsp3) is 0.190. The summed E-state index contributed by atoms with van der Waals surface area (Å²) < 4.78 is 0. The lowest BCUT2D eigenvalue weighted by molar-refractivity contribution is 0.102. The Balaban J connectivity index is 1.73. The van der Waals surface area contributed by atoms with E-state index >= 15 is 0 Å². The predicted molar refractivity (Wildman–Crippen MR) is 104 cm³/mol. The van der Waals surface area contributed by atoms with Gasteiger partial charge in [0.25, 0.3) is 5.91 Å². The summed E-state index contributed by atoms with van der Waals surface area (Å²) in [4.78, 5) is 22.9. The van der Waals surface area contributed by atoms with E-state index in [0.717, 1.165) is 11.3 Å². The molecule has 0 atom stereocenters. The number of nitrogens with one attached hydrogen (secondary N) is 1. The molecule has 0 saturated carbocycles. The van der Waals surface area contributed by atoms with Crippen molar-refractivity contribution in [2.24, 2.45) is 0 Å². The van der Waals surface area contributed by atoms with Crippen LogP contribution in [0.25, 0.3) is 0 Å². The van der Waals surface area contributed by atoms with Crippen molar-refractivity contribution in [3.63, 3.8) is 0 Å². The van der Waals surface area contributed by atoms with Crippen LogP contribution in [0.5, 0.6) is 0 Å². The molecule has 0 radical (unpaired) electrons. The Morgan fingerprint density at radius 2 is 1.77 bits per heavy atom. The van der Waals surface area contributed by atoms with Gasteiger partial charge in [-0.3, -0.25) is 4.79 Å². The number of hydrogen-bond donors (Lipinski definition) is 1. The number of anilines is 2. The second kappa shape index (κ2) is 7.78. The molecule has 0 fully saturated rings. The molecule has 1 aromatic heterocycles. The number of aromatic nitrogens is 2. The van der Waals surface area contributed by atoms with Crippen LogP contribution in [0.4, 0.5) is 11.5 Å². The van der Waals surface area contributed by atoms with Gasteiger partial charge in [-0.05, 0) is 42.7 Å². The van der Waals surface area contributed by atoms with Crippen LogP contribution >= 0.6 is 0 Å². The summed E-state index contributed by atoms with van der Waals surface area (Å²) in [6.07, 6.45) is 1.42. The van der Waals surface area contributed by atoms with Gasteiger partial charge in [-0.15, -0.1) is 0 Å². The summed E-state index contributed by atoms with van der Waals surface area (Å²) in [5.41, 5.74) is 4.60. The van der Waals surface area contributed by atoms with Crippen molar-refractivity contribution in [2.75, 3.05) is 17.3 Å². The van der Waals surface area contributed by atoms with Gasteiger partial charge in [0.15, 0.2) is 0 Å². The zero-order valence-corrected chi connectivity index (χ0v) is 15.2. The van der Waals surface area contributed by atoms with Crippen LogP contribution in [0.15, 0.2) is 60.9 Å². The van der Waals surface area contributed by atoms with Gasteiger partial charge in [0, 0.05) is 25.3 Å². The van der Waals surface area contributed by atoms with Crippen LogP contribution in [0.3, 0.4) is 0 Å². The first-order valence-electron chi connectivity index (χ1n) is 8.48. The van der Waals surface area contributed by atoms with Crippen LogP contribution in [0.2, 0.25) is 0 Å². The molecule has 0 saturated heterocycles. The topological polar surface area (TPSA) is 58.1 Å². The van der Waals surface area contributed by atoms with Crippen molar-refractivity contribution in [1.29, 1.82) is 0 Å². The molecule has 0 spiro atoms. The van der Waals surface area contributed by atoms with Gasteiger partial charge < -0.3 is 10.2 Å². The summed E-state index contributed by atoms with van der Waals surface area (Å²) in [5.74, 6) is 0.458. The third-order valence-electron chi connectivity index (χ3n) is 4.30. The number of amides is 1. The van der Waals surface area contributed by atoms with Gasteiger partial charge in [-0.1, -0.05) is 36.4 Å². The highest BCUT2D eigenvalue weighted by Crippen LogP contribution is 2.17. The smallest absolute Gasteiger partial charge is 0.274 e. The van der Waals surface area contributed by atoms with Crippen LogP contribution < -0.4 is 10.2 Å². The molecule has 0 aliphatic carbocycles. The molecular weight excluding hydrogens is 324 g/mol. The highest BCUT2D eigenvalue weighted by atomic mass is 16.1. The van der Waals surface area contributed by atoms with Gasteiger partial charge in [-0.25, -0.2) is 9.97 Å². The summed E-state index contributed by atoms with van der Waals surface area (Å²) in [6.45, 7) is 4.77. The predicted octanol–water partition coefficient (Wildman–Crippen LogP) is 3.98. The van der Waals surface area contributed by atoms with E-state index < -0.39 is 0 Å². The lowest BCUT2D eigenvalue weighted by atomic mass is 10.1. The summed E-state index contributed by atoms with van der Waals surface area (Å²) in [5, 5.41) is 2.89. The number of benzene rings is 2. The molecule has 0 bridgehead atoms. The Labute approximate surface area is 153 Å². The highest BCUT2D eigenvalue weighted by molar-refractivity contribution is 6.03. The summed E-state index contributed by atoms with van der Waals surface area (Å²) >= 11 is 0. The zero-order chi connectivity index (χ0) is 18.5. The Bertz CT molecular complexity index is 909. The number of hydrogen-bond acceptors (Lipinski definition) is 4. The van der Waals surface area contributed by atoms with E-state index in [1.54, 1.807) is 6.07 Å².